The van der Waals surface area contributed by atoms with Crippen LogP contribution in [0.25, 0.3) is 0 Å². The molecule has 168 valence electrons. The van der Waals surface area contributed by atoms with Crippen LogP contribution in [-0.2, 0) is 27.9 Å². The molecule has 0 saturated heterocycles. The predicted octanol–water partition coefficient (Wildman–Crippen LogP) is 3.18. The number of hydrogen-bond acceptors (Lipinski definition) is 5. The fourth-order valence-corrected chi connectivity index (χ4v) is 4.15. The number of hydrogen-bond donors (Lipinski definition) is 2. The van der Waals surface area contributed by atoms with Gasteiger partial charge in [0.15, 0.2) is 6.61 Å². The van der Waals surface area contributed by atoms with Crippen molar-refractivity contribution in [1.82, 2.24) is 10.0 Å². The van der Waals surface area contributed by atoms with Crippen LogP contribution in [0.3, 0.4) is 0 Å². The number of methoxy groups -OCH3 is 1. The van der Waals surface area contributed by atoms with Crippen LogP contribution in [0.5, 0.6) is 11.5 Å². The van der Waals surface area contributed by atoms with E-state index in [1.165, 1.54) is 12.1 Å². The lowest BCUT2D eigenvalue weighted by Gasteiger charge is -2.13. The van der Waals surface area contributed by atoms with E-state index in [1.807, 2.05) is 54.6 Å². The highest BCUT2D eigenvalue weighted by Crippen LogP contribution is 2.22. The van der Waals surface area contributed by atoms with Gasteiger partial charge in [0.2, 0.25) is 10.0 Å². The molecule has 32 heavy (non-hydrogen) atoms. The van der Waals surface area contributed by atoms with E-state index < -0.39 is 10.0 Å². The second-order valence-corrected chi connectivity index (χ2v) is 8.88. The Hall–Kier alpha value is -3.36. The van der Waals surface area contributed by atoms with E-state index in [4.69, 9.17) is 9.47 Å². The summed E-state index contributed by atoms with van der Waals surface area (Å²) in [5.74, 6) is 0.846. The van der Waals surface area contributed by atoms with Crippen molar-refractivity contribution >= 4 is 15.9 Å². The summed E-state index contributed by atoms with van der Waals surface area (Å²) in [6.45, 7) is 2.06. The molecule has 0 unspecified atom stereocenters. The number of ether oxygens (including phenoxy) is 2. The van der Waals surface area contributed by atoms with E-state index in [0.29, 0.717) is 23.6 Å². The first kappa shape index (κ1) is 23.3. The van der Waals surface area contributed by atoms with Gasteiger partial charge in [-0.15, -0.1) is 0 Å². The lowest BCUT2D eigenvalue weighted by Crippen LogP contribution is -2.28. The first-order valence-corrected chi connectivity index (χ1v) is 11.5. The average Bonchev–Trinajstić information content (AvgIpc) is 2.81. The molecule has 8 heteroatoms. The van der Waals surface area contributed by atoms with Crippen LogP contribution in [0, 0.1) is 6.92 Å². The third kappa shape index (κ3) is 6.32. The molecule has 0 aromatic heterocycles. The van der Waals surface area contributed by atoms with Crippen molar-refractivity contribution in [3.8, 4) is 11.5 Å². The number of aryl methyl sites for hydroxylation is 1. The Balaban J connectivity index is 1.55. The monoisotopic (exact) mass is 454 g/mol. The van der Waals surface area contributed by atoms with Gasteiger partial charge in [-0.1, -0.05) is 48.5 Å². The highest BCUT2D eigenvalue weighted by atomic mass is 32.2. The quantitative estimate of drug-likeness (QED) is 0.491. The fraction of sp³-hybridized carbons (Fsp3) is 0.208. The van der Waals surface area contributed by atoms with Crippen molar-refractivity contribution in [2.45, 2.75) is 24.9 Å². The molecule has 0 radical (unpaired) electrons. The zero-order chi connectivity index (χ0) is 23.0. The van der Waals surface area contributed by atoms with Crippen molar-refractivity contribution in [3.63, 3.8) is 0 Å². The van der Waals surface area contributed by atoms with Gasteiger partial charge in [-0.2, -0.15) is 0 Å². The smallest absolute Gasteiger partial charge is 0.258 e. The molecule has 0 aliphatic rings. The SMILES string of the molecule is COc1ccccc1CNC(=O)COc1ccc(S(=O)(=O)NCc2ccccc2)cc1C. The number of rotatable bonds is 10. The Kier molecular flexibility index (Phi) is 7.86. The largest absolute Gasteiger partial charge is 0.496 e. The molecule has 0 aliphatic carbocycles. The molecule has 2 N–H and O–H groups in total. The number of carbonyl (C=O) groups excluding carboxylic acids is 1. The third-order valence-electron chi connectivity index (χ3n) is 4.79. The van der Waals surface area contributed by atoms with E-state index in [-0.39, 0.29) is 24.0 Å². The highest BCUT2D eigenvalue weighted by molar-refractivity contribution is 7.89. The van der Waals surface area contributed by atoms with Crippen molar-refractivity contribution in [1.29, 1.82) is 0 Å². The molecule has 0 aliphatic heterocycles. The Morgan fingerprint density at radius 3 is 2.34 bits per heavy atom. The molecule has 0 spiro atoms. The molecule has 0 saturated carbocycles. The minimum Gasteiger partial charge on any atom is -0.496 e. The molecule has 0 fully saturated rings. The Labute approximate surface area is 188 Å². The Morgan fingerprint density at radius 1 is 0.906 bits per heavy atom. The molecule has 0 bridgehead atoms. The number of nitrogens with one attached hydrogen (secondary N) is 2. The standard InChI is InChI=1S/C24H26N2O5S/c1-18-14-21(32(28,29)26-15-19-8-4-3-5-9-19)12-13-22(18)31-17-24(27)25-16-20-10-6-7-11-23(20)30-2/h3-14,26H,15-17H2,1-2H3,(H,25,27). The third-order valence-corrected chi connectivity index (χ3v) is 6.19. The van der Waals surface area contributed by atoms with Crippen LogP contribution < -0.4 is 19.5 Å². The summed E-state index contributed by atoms with van der Waals surface area (Å²) in [7, 11) is -2.09. The van der Waals surface area contributed by atoms with E-state index in [9.17, 15) is 13.2 Å². The van der Waals surface area contributed by atoms with Crippen LogP contribution in [0.15, 0.2) is 77.7 Å². The lowest BCUT2D eigenvalue weighted by molar-refractivity contribution is -0.123. The minimum absolute atomic E-state index is 0.138. The van der Waals surface area contributed by atoms with E-state index >= 15 is 0 Å². The van der Waals surface area contributed by atoms with Crippen LogP contribution >= 0.6 is 0 Å². The first-order chi connectivity index (χ1) is 15.4. The maximum atomic E-state index is 12.6. The summed E-state index contributed by atoms with van der Waals surface area (Å²) in [4.78, 5) is 12.3. The molecule has 0 heterocycles. The van der Waals surface area contributed by atoms with Crippen molar-refractivity contribution < 1.29 is 22.7 Å². The molecular weight excluding hydrogens is 428 g/mol. The normalized spacial score (nSPS) is 11.1. The van der Waals surface area contributed by atoms with Gasteiger partial charge in [0.25, 0.3) is 5.91 Å². The predicted molar refractivity (Wildman–Crippen MR) is 122 cm³/mol. The van der Waals surface area contributed by atoms with Crippen LogP contribution in [0.2, 0.25) is 0 Å². The van der Waals surface area contributed by atoms with Crippen LogP contribution in [0.4, 0.5) is 0 Å². The lowest BCUT2D eigenvalue weighted by atomic mass is 10.2. The minimum atomic E-state index is -3.67. The van der Waals surface area contributed by atoms with Gasteiger partial charge in [-0.3, -0.25) is 4.79 Å². The number of sulfonamides is 1. The molecular formula is C24H26N2O5S. The number of amides is 1. The molecule has 7 nitrogen and oxygen atoms in total. The number of para-hydroxylation sites is 1. The van der Waals surface area contributed by atoms with Gasteiger partial charge in [0.05, 0.1) is 12.0 Å². The topological polar surface area (TPSA) is 93.7 Å². The van der Waals surface area contributed by atoms with E-state index in [2.05, 4.69) is 10.0 Å². The van der Waals surface area contributed by atoms with Crippen molar-refractivity contribution in [3.05, 3.63) is 89.5 Å². The number of benzene rings is 3. The Morgan fingerprint density at radius 2 is 1.62 bits per heavy atom. The fourth-order valence-electron chi connectivity index (χ4n) is 3.05. The van der Waals surface area contributed by atoms with Gasteiger partial charge in [-0.05, 0) is 42.3 Å². The molecule has 3 aromatic rings. The van der Waals surface area contributed by atoms with Crippen molar-refractivity contribution in [2.24, 2.45) is 0 Å². The molecule has 1 amide bonds. The second-order valence-electron chi connectivity index (χ2n) is 7.11. The van der Waals surface area contributed by atoms with Crippen LogP contribution in [0.1, 0.15) is 16.7 Å². The van der Waals surface area contributed by atoms with E-state index in [0.717, 1.165) is 11.1 Å². The zero-order valence-corrected chi connectivity index (χ0v) is 18.8. The molecule has 0 atom stereocenters. The second kappa shape index (κ2) is 10.8. The van der Waals surface area contributed by atoms with Gasteiger partial charge >= 0.3 is 0 Å². The Bertz CT molecular complexity index is 1160. The van der Waals surface area contributed by atoms with Crippen molar-refractivity contribution in [2.75, 3.05) is 13.7 Å². The summed E-state index contributed by atoms with van der Waals surface area (Å²) < 4.78 is 38.6. The van der Waals surface area contributed by atoms with Gasteiger partial charge < -0.3 is 14.8 Å². The first-order valence-electron chi connectivity index (χ1n) is 10.0. The summed E-state index contributed by atoms with van der Waals surface area (Å²) in [6, 6.07) is 21.2. The zero-order valence-electron chi connectivity index (χ0n) is 18.0. The van der Waals surface area contributed by atoms with Gasteiger partial charge in [-0.25, -0.2) is 13.1 Å². The van der Waals surface area contributed by atoms with Crippen LogP contribution in [-0.4, -0.2) is 28.0 Å². The van der Waals surface area contributed by atoms with E-state index in [1.54, 1.807) is 20.1 Å². The maximum Gasteiger partial charge on any atom is 0.258 e. The summed E-state index contributed by atoms with van der Waals surface area (Å²) in [6.07, 6.45) is 0. The van der Waals surface area contributed by atoms with Gasteiger partial charge in [0.1, 0.15) is 11.5 Å². The summed E-state index contributed by atoms with van der Waals surface area (Å²) in [5, 5.41) is 2.78. The summed E-state index contributed by atoms with van der Waals surface area (Å²) >= 11 is 0. The molecule has 3 aromatic carbocycles. The van der Waals surface area contributed by atoms with Gasteiger partial charge in [0, 0.05) is 18.7 Å². The highest BCUT2D eigenvalue weighted by Gasteiger charge is 2.16. The number of carbonyl (C=O) groups is 1. The summed E-state index contributed by atoms with van der Waals surface area (Å²) in [5.41, 5.74) is 2.34. The average molecular weight is 455 g/mol. The molecule has 3 rings (SSSR count). The maximum absolute atomic E-state index is 12.6.